The molecule has 0 unspecified atom stereocenters. The zero-order chi connectivity index (χ0) is 9.94. The fourth-order valence-corrected chi connectivity index (χ4v) is 0.714. The van der Waals surface area contributed by atoms with Crippen molar-refractivity contribution in [3.8, 4) is 12.3 Å². The van der Waals surface area contributed by atoms with E-state index >= 15 is 0 Å². The predicted molar refractivity (Wildman–Crippen MR) is 59.5 cm³/mol. The maximum Gasteiger partial charge on any atom is 0.0337 e. The Labute approximate surface area is 81.3 Å². The molecule has 13 heavy (non-hydrogen) atoms. The van der Waals surface area contributed by atoms with E-state index in [2.05, 4.69) is 19.4 Å². The number of rotatable bonds is 2. The van der Waals surface area contributed by atoms with Gasteiger partial charge in [-0.1, -0.05) is 43.3 Å². The van der Waals surface area contributed by atoms with Gasteiger partial charge >= 0.3 is 0 Å². The molecular weight excluding hydrogens is 156 g/mol. The van der Waals surface area contributed by atoms with Crippen LogP contribution in [0, 0.1) is 12.3 Å². The van der Waals surface area contributed by atoms with Crippen LogP contribution in [-0.2, 0) is 6.42 Å². The van der Waals surface area contributed by atoms with E-state index in [1.165, 1.54) is 5.56 Å². The molecular formula is C13H16. The first-order valence-corrected chi connectivity index (χ1v) is 4.43. The van der Waals surface area contributed by atoms with Gasteiger partial charge in [-0.25, -0.2) is 0 Å². The van der Waals surface area contributed by atoms with Crippen LogP contribution < -0.4 is 0 Å². The summed E-state index contributed by atoms with van der Waals surface area (Å²) in [5, 5.41) is 0. The minimum absolute atomic E-state index is 0.737. The van der Waals surface area contributed by atoms with Crippen molar-refractivity contribution in [3.63, 3.8) is 0 Å². The van der Waals surface area contributed by atoms with E-state index < -0.39 is 0 Å². The molecule has 68 valence electrons. The van der Waals surface area contributed by atoms with E-state index in [9.17, 15) is 0 Å². The number of hydrogen-bond acceptors (Lipinski definition) is 0. The Balaban J connectivity index is 0.000000310. The molecule has 0 aliphatic rings. The molecule has 1 rings (SSSR count). The monoisotopic (exact) mass is 172 g/mol. The lowest BCUT2D eigenvalue weighted by Crippen LogP contribution is -1.76. The summed E-state index contributed by atoms with van der Waals surface area (Å²) in [6, 6.07) is 10.0. The van der Waals surface area contributed by atoms with Crippen molar-refractivity contribution in [2.45, 2.75) is 19.8 Å². The highest BCUT2D eigenvalue weighted by molar-refractivity contribution is 5.18. The Kier molecular flexibility index (Phi) is 7.63. The zero-order valence-electron chi connectivity index (χ0n) is 8.16. The van der Waals surface area contributed by atoms with Gasteiger partial charge in [-0.05, 0) is 12.0 Å². The molecule has 0 radical (unpaired) electrons. The van der Waals surface area contributed by atoms with Crippen LogP contribution in [0.5, 0.6) is 0 Å². The Hall–Kier alpha value is -1.48. The van der Waals surface area contributed by atoms with Crippen LogP contribution in [0.25, 0.3) is 0 Å². The number of terminal acetylenes is 1. The summed E-state index contributed by atoms with van der Waals surface area (Å²) in [6.45, 7) is 5.54. The summed E-state index contributed by atoms with van der Waals surface area (Å²) in [4.78, 5) is 0. The summed E-state index contributed by atoms with van der Waals surface area (Å²) in [6.07, 6.45) is 8.81. The highest BCUT2D eigenvalue weighted by Gasteiger charge is 1.82. The van der Waals surface area contributed by atoms with Crippen molar-refractivity contribution >= 4 is 0 Å². The van der Waals surface area contributed by atoms with Crippen LogP contribution in [0.2, 0.25) is 0 Å². The van der Waals surface area contributed by atoms with E-state index in [1.54, 1.807) is 0 Å². The van der Waals surface area contributed by atoms with Crippen molar-refractivity contribution in [2.75, 3.05) is 0 Å². The van der Waals surface area contributed by atoms with Crippen molar-refractivity contribution in [3.05, 3.63) is 48.6 Å². The van der Waals surface area contributed by atoms with Crippen molar-refractivity contribution < 1.29 is 0 Å². The van der Waals surface area contributed by atoms with Gasteiger partial charge in [0, 0.05) is 6.42 Å². The van der Waals surface area contributed by atoms with Crippen LogP contribution in [-0.4, -0.2) is 0 Å². The molecule has 0 saturated carbocycles. The van der Waals surface area contributed by atoms with Crippen LogP contribution in [0.15, 0.2) is 43.0 Å². The van der Waals surface area contributed by atoms with Gasteiger partial charge in [-0.2, -0.15) is 0 Å². The smallest absolute Gasteiger partial charge is 0.0337 e. The first-order valence-electron chi connectivity index (χ1n) is 4.43. The third-order valence-corrected chi connectivity index (χ3v) is 1.44. The van der Waals surface area contributed by atoms with Crippen LogP contribution in [0.4, 0.5) is 0 Å². The zero-order valence-corrected chi connectivity index (χ0v) is 8.16. The molecule has 0 nitrogen and oxygen atoms in total. The molecule has 0 N–H and O–H groups in total. The molecule has 0 aliphatic heterocycles. The summed E-state index contributed by atoms with van der Waals surface area (Å²) >= 11 is 0. The van der Waals surface area contributed by atoms with Crippen LogP contribution >= 0.6 is 0 Å². The van der Waals surface area contributed by atoms with E-state index in [1.807, 2.05) is 36.4 Å². The number of allylic oxidation sites excluding steroid dienone is 1. The second-order valence-electron chi connectivity index (χ2n) is 2.56. The third-order valence-electron chi connectivity index (χ3n) is 1.44. The molecule has 1 aromatic carbocycles. The minimum atomic E-state index is 0.737. The lowest BCUT2D eigenvalue weighted by atomic mass is 10.2. The van der Waals surface area contributed by atoms with Gasteiger partial charge in [-0.3, -0.25) is 0 Å². The molecule has 0 atom stereocenters. The standard InChI is InChI=1S/C9H8.C4H8/c1-2-6-9-7-4-3-5-8-9;1-3-4-2/h1,3-5,7-8H,6H2;3H,1,4H2,2H3. The molecule has 0 saturated heterocycles. The van der Waals surface area contributed by atoms with Gasteiger partial charge in [0.05, 0.1) is 0 Å². The van der Waals surface area contributed by atoms with E-state index in [0.29, 0.717) is 0 Å². The highest BCUT2D eigenvalue weighted by Crippen LogP contribution is 1.96. The molecule has 0 amide bonds. The quantitative estimate of drug-likeness (QED) is 0.473. The Bertz CT molecular complexity index is 251. The Morgan fingerprint density at radius 3 is 2.31 bits per heavy atom. The first kappa shape index (κ1) is 11.5. The topological polar surface area (TPSA) is 0 Å². The van der Waals surface area contributed by atoms with Crippen molar-refractivity contribution in [2.24, 2.45) is 0 Å². The normalized spacial score (nSPS) is 7.69. The van der Waals surface area contributed by atoms with Crippen molar-refractivity contribution in [1.29, 1.82) is 0 Å². The third kappa shape index (κ3) is 6.90. The van der Waals surface area contributed by atoms with Gasteiger partial charge in [0.2, 0.25) is 0 Å². The van der Waals surface area contributed by atoms with E-state index in [-0.39, 0.29) is 0 Å². The summed E-state index contributed by atoms with van der Waals surface area (Å²) in [5.41, 5.74) is 1.21. The maximum atomic E-state index is 5.11. The second-order valence-corrected chi connectivity index (χ2v) is 2.56. The molecule has 0 aliphatic carbocycles. The lowest BCUT2D eigenvalue weighted by Gasteiger charge is -1.89. The number of hydrogen-bond donors (Lipinski definition) is 0. The molecule has 0 bridgehead atoms. The van der Waals surface area contributed by atoms with Gasteiger partial charge in [0.15, 0.2) is 0 Å². The number of benzene rings is 1. The highest BCUT2D eigenvalue weighted by atomic mass is 13.9. The molecule has 0 heteroatoms. The Morgan fingerprint density at radius 2 is 1.92 bits per heavy atom. The van der Waals surface area contributed by atoms with Gasteiger partial charge in [-0.15, -0.1) is 18.9 Å². The van der Waals surface area contributed by atoms with Crippen molar-refractivity contribution in [1.82, 2.24) is 0 Å². The van der Waals surface area contributed by atoms with Gasteiger partial charge in [0.25, 0.3) is 0 Å². The van der Waals surface area contributed by atoms with Crippen LogP contribution in [0.3, 0.4) is 0 Å². The minimum Gasteiger partial charge on any atom is -0.120 e. The lowest BCUT2D eigenvalue weighted by molar-refractivity contribution is 1.23. The largest absolute Gasteiger partial charge is 0.120 e. The second kappa shape index (κ2) is 8.62. The fraction of sp³-hybridized carbons (Fsp3) is 0.231. The van der Waals surface area contributed by atoms with E-state index in [0.717, 1.165) is 12.8 Å². The summed E-state index contributed by atoms with van der Waals surface area (Å²) in [5.74, 6) is 2.58. The fourth-order valence-electron chi connectivity index (χ4n) is 0.714. The molecule has 0 heterocycles. The summed E-state index contributed by atoms with van der Waals surface area (Å²) in [7, 11) is 0. The molecule has 1 aromatic rings. The molecule has 0 fully saturated rings. The predicted octanol–water partition coefficient (Wildman–Crippen LogP) is 3.44. The van der Waals surface area contributed by atoms with Gasteiger partial charge < -0.3 is 0 Å². The average Bonchev–Trinajstić information content (AvgIpc) is 2.20. The SMILES string of the molecule is C#CCc1ccccc1.C=CCC. The van der Waals surface area contributed by atoms with Crippen LogP contribution in [0.1, 0.15) is 18.9 Å². The van der Waals surface area contributed by atoms with E-state index in [4.69, 9.17) is 6.42 Å². The molecule has 0 spiro atoms. The Morgan fingerprint density at radius 1 is 1.38 bits per heavy atom. The van der Waals surface area contributed by atoms with Gasteiger partial charge in [0.1, 0.15) is 0 Å². The summed E-state index contributed by atoms with van der Waals surface area (Å²) < 4.78 is 0. The maximum absolute atomic E-state index is 5.11. The first-order chi connectivity index (χ1) is 6.35. The molecule has 0 aromatic heterocycles. The average molecular weight is 172 g/mol.